The number of unbranched alkanes of at least 4 members (excludes halogenated alkanes) is 1. The predicted molar refractivity (Wildman–Crippen MR) is 106 cm³/mol. The van der Waals surface area contributed by atoms with Crippen LogP contribution in [0.4, 0.5) is 0 Å². The molecule has 12 heteroatoms. The molecule has 0 radical (unpaired) electrons. The molecular weight excluding hydrogens is 390 g/mol. The Morgan fingerprint density at radius 2 is 1.54 bits per heavy atom. The lowest BCUT2D eigenvalue weighted by molar-refractivity contribution is -0.143. The van der Waals surface area contributed by atoms with Gasteiger partial charge in [0.15, 0.2) is 0 Å². The van der Waals surface area contributed by atoms with E-state index in [9.17, 15) is 29.4 Å². The molecule has 0 aliphatic heterocycles. The van der Waals surface area contributed by atoms with Crippen molar-refractivity contribution in [1.29, 1.82) is 0 Å². The molecule has 0 heterocycles. The summed E-state index contributed by atoms with van der Waals surface area (Å²) in [6.07, 6.45) is -0.0707. The van der Waals surface area contributed by atoms with Gasteiger partial charge in [-0.15, -0.1) is 0 Å². The third kappa shape index (κ3) is 9.35. The number of carbonyl (C=O) groups is 4. The van der Waals surface area contributed by atoms with Crippen LogP contribution in [0, 0.1) is 0 Å². The van der Waals surface area contributed by atoms with Crippen molar-refractivity contribution < 1.29 is 29.4 Å². The highest BCUT2D eigenvalue weighted by molar-refractivity contribution is 7.80. The Bertz CT molecular complexity index is 546. The van der Waals surface area contributed by atoms with E-state index in [4.69, 9.17) is 11.5 Å². The van der Waals surface area contributed by atoms with Crippen LogP contribution in [0.3, 0.4) is 0 Å². The fraction of sp³-hybridized carbons (Fsp3) is 0.750. The number of carboxylic acid groups (broad SMARTS) is 1. The molecule has 5 unspecified atom stereocenters. The van der Waals surface area contributed by atoms with Crippen molar-refractivity contribution in [3.63, 3.8) is 0 Å². The maximum Gasteiger partial charge on any atom is 0.326 e. The first kappa shape index (κ1) is 26.1. The maximum absolute atomic E-state index is 12.4. The van der Waals surface area contributed by atoms with Crippen LogP contribution < -0.4 is 27.4 Å². The third-order valence-corrected chi connectivity index (χ3v) is 4.22. The second-order valence-electron chi connectivity index (χ2n) is 6.44. The molecule has 0 aromatic rings. The largest absolute Gasteiger partial charge is 0.480 e. The number of nitrogens with two attached hydrogens (primary N) is 2. The van der Waals surface area contributed by atoms with Gasteiger partial charge in [0.1, 0.15) is 18.1 Å². The van der Waals surface area contributed by atoms with Crippen LogP contribution in [0.25, 0.3) is 0 Å². The summed E-state index contributed by atoms with van der Waals surface area (Å²) in [6.45, 7) is 3.10. The van der Waals surface area contributed by atoms with Crippen LogP contribution in [-0.2, 0) is 19.2 Å². The molecule has 0 aromatic heterocycles. The number of rotatable bonds is 13. The molecule has 0 fully saturated rings. The van der Waals surface area contributed by atoms with Crippen LogP contribution in [0.5, 0.6) is 0 Å². The van der Waals surface area contributed by atoms with Crippen molar-refractivity contribution in [3.8, 4) is 0 Å². The lowest BCUT2D eigenvalue weighted by Crippen LogP contribution is -2.60. The highest BCUT2D eigenvalue weighted by Crippen LogP contribution is 2.03. The van der Waals surface area contributed by atoms with Gasteiger partial charge in [-0.05, 0) is 39.7 Å². The van der Waals surface area contributed by atoms with Gasteiger partial charge in [-0.3, -0.25) is 14.4 Å². The van der Waals surface area contributed by atoms with Gasteiger partial charge in [-0.2, -0.15) is 12.6 Å². The van der Waals surface area contributed by atoms with Gasteiger partial charge in [0.25, 0.3) is 0 Å². The molecule has 0 aliphatic carbocycles. The average molecular weight is 422 g/mol. The number of amides is 3. The molecule has 0 rings (SSSR count). The minimum atomic E-state index is -1.42. The fourth-order valence-electron chi connectivity index (χ4n) is 2.17. The number of carbonyl (C=O) groups excluding carboxylic acids is 3. The molecule has 9 N–H and O–H groups in total. The number of carboxylic acids is 1. The molecule has 28 heavy (non-hydrogen) atoms. The Hall–Kier alpha value is -1.89. The number of aliphatic hydroxyl groups is 1. The van der Waals surface area contributed by atoms with Crippen molar-refractivity contribution >= 4 is 36.3 Å². The zero-order valence-corrected chi connectivity index (χ0v) is 16.9. The molecule has 3 amide bonds. The van der Waals surface area contributed by atoms with Crippen LogP contribution in [0.1, 0.15) is 33.1 Å². The summed E-state index contributed by atoms with van der Waals surface area (Å²) in [5.74, 6) is -3.52. The van der Waals surface area contributed by atoms with Crippen molar-refractivity contribution in [1.82, 2.24) is 16.0 Å². The Morgan fingerprint density at radius 1 is 0.964 bits per heavy atom. The van der Waals surface area contributed by atoms with Crippen molar-refractivity contribution in [2.75, 3.05) is 12.3 Å². The second-order valence-corrected chi connectivity index (χ2v) is 6.81. The summed E-state index contributed by atoms with van der Waals surface area (Å²) < 4.78 is 0. The first-order valence-electron chi connectivity index (χ1n) is 8.93. The van der Waals surface area contributed by atoms with Crippen LogP contribution in [-0.4, -0.2) is 76.5 Å². The number of aliphatic hydroxyl groups excluding tert-OH is 1. The Kier molecular flexibility index (Phi) is 12.4. The van der Waals surface area contributed by atoms with E-state index in [0.29, 0.717) is 19.4 Å². The first-order valence-corrected chi connectivity index (χ1v) is 9.56. The number of thiol groups is 1. The van der Waals surface area contributed by atoms with Gasteiger partial charge in [0.05, 0.1) is 12.1 Å². The molecule has 162 valence electrons. The minimum absolute atomic E-state index is 0.0741. The fourth-order valence-corrected chi connectivity index (χ4v) is 2.43. The summed E-state index contributed by atoms with van der Waals surface area (Å²) in [5, 5.41) is 26.1. The van der Waals surface area contributed by atoms with Gasteiger partial charge in [0.2, 0.25) is 17.7 Å². The summed E-state index contributed by atoms with van der Waals surface area (Å²) in [6, 6.07) is -4.54. The second kappa shape index (κ2) is 13.3. The molecular formula is C16H31N5O6S. The number of nitrogens with one attached hydrogen (secondary N) is 3. The van der Waals surface area contributed by atoms with E-state index < -0.39 is 54.0 Å². The van der Waals surface area contributed by atoms with Crippen LogP contribution in [0.2, 0.25) is 0 Å². The molecule has 0 saturated carbocycles. The summed E-state index contributed by atoms with van der Waals surface area (Å²) in [5.41, 5.74) is 10.8. The smallest absolute Gasteiger partial charge is 0.326 e. The third-order valence-electron chi connectivity index (χ3n) is 3.85. The molecule has 0 bridgehead atoms. The van der Waals surface area contributed by atoms with E-state index in [0.717, 1.165) is 0 Å². The summed E-state index contributed by atoms with van der Waals surface area (Å²) in [7, 11) is 0. The molecule has 0 spiro atoms. The van der Waals surface area contributed by atoms with Crippen molar-refractivity contribution in [3.05, 3.63) is 0 Å². The predicted octanol–water partition coefficient (Wildman–Crippen LogP) is -2.69. The van der Waals surface area contributed by atoms with Gasteiger partial charge >= 0.3 is 5.97 Å². The van der Waals surface area contributed by atoms with E-state index in [2.05, 4.69) is 28.6 Å². The topological polar surface area (TPSA) is 197 Å². The van der Waals surface area contributed by atoms with Gasteiger partial charge in [0, 0.05) is 5.75 Å². The zero-order valence-electron chi connectivity index (χ0n) is 16.1. The number of aliphatic carboxylic acids is 1. The molecule has 11 nitrogen and oxygen atoms in total. The highest BCUT2D eigenvalue weighted by Gasteiger charge is 2.31. The highest BCUT2D eigenvalue weighted by atomic mass is 32.1. The van der Waals surface area contributed by atoms with E-state index in [1.54, 1.807) is 0 Å². The summed E-state index contributed by atoms with van der Waals surface area (Å²) >= 11 is 3.99. The minimum Gasteiger partial charge on any atom is -0.480 e. The van der Waals surface area contributed by atoms with Crippen LogP contribution >= 0.6 is 12.6 Å². The van der Waals surface area contributed by atoms with E-state index in [-0.39, 0.29) is 12.2 Å². The lowest BCUT2D eigenvalue weighted by Gasteiger charge is -2.25. The summed E-state index contributed by atoms with van der Waals surface area (Å²) in [4.78, 5) is 47.7. The van der Waals surface area contributed by atoms with Crippen LogP contribution in [0.15, 0.2) is 0 Å². The first-order chi connectivity index (χ1) is 13.0. The van der Waals surface area contributed by atoms with Gasteiger partial charge in [-0.25, -0.2) is 4.79 Å². The number of hydrogen-bond donors (Lipinski definition) is 8. The van der Waals surface area contributed by atoms with Gasteiger partial charge in [-0.1, -0.05) is 0 Å². The quantitative estimate of drug-likeness (QED) is 0.116. The zero-order chi connectivity index (χ0) is 21.9. The standard InChI is InChI=1S/C16H31N5O6S/c1-8(18)13(23)20-11(7-28)14(24)21-12(9(2)22)15(25)19-10(16(26)27)5-3-4-6-17/h8-12,22,28H,3-7,17-18H2,1-2H3,(H,19,25)(H,20,23)(H,21,24)(H,26,27). The normalized spacial score (nSPS) is 16.2. The van der Waals surface area contributed by atoms with Gasteiger partial charge < -0.3 is 37.6 Å². The lowest BCUT2D eigenvalue weighted by atomic mass is 10.1. The number of hydrogen-bond acceptors (Lipinski definition) is 8. The average Bonchev–Trinajstić information content (AvgIpc) is 2.62. The molecule has 0 saturated heterocycles. The Morgan fingerprint density at radius 3 is 1.96 bits per heavy atom. The maximum atomic E-state index is 12.4. The molecule has 0 aliphatic rings. The van der Waals surface area contributed by atoms with E-state index >= 15 is 0 Å². The Balaban J connectivity index is 5.07. The monoisotopic (exact) mass is 421 g/mol. The van der Waals surface area contributed by atoms with E-state index in [1.165, 1.54) is 13.8 Å². The van der Waals surface area contributed by atoms with Crippen molar-refractivity contribution in [2.45, 2.75) is 63.4 Å². The molecule has 0 aromatic carbocycles. The Labute approximate surface area is 169 Å². The SMILES string of the molecule is CC(N)C(=O)NC(CS)C(=O)NC(C(=O)NC(CCCCN)C(=O)O)C(C)O. The molecule has 5 atom stereocenters. The van der Waals surface area contributed by atoms with Crippen molar-refractivity contribution in [2.24, 2.45) is 11.5 Å². The van der Waals surface area contributed by atoms with E-state index in [1.807, 2.05) is 0 Å².